The number of nitrogens with one attached hydrogen (secondary N) is 1. The van der Waals surface area contributed by atoms with E-state index in [-0.39, 0.29) is 6.04 Å². The van der Waals surface area contributed by atoms with E-state index in [4.69, 9.17) is 0 Å². The number of hydrogen-bond donors (Lipinski definition) is 1. The van der Waals surface area contributed by atoms with Gasteiger partial charge < -0.3 is 5.32 Å². The Bertz CT molecular complexity index is 556. The molecule has 0 heterocycles. The Balaban J connectivity index is 2.08. The minimum Gasteiger partial charge on any atom is -0.379 e. The van der Waals surface area contributed by atoms with Crippen molar-refractivity contribution in [3.05, 3.63) is 65.2 Å². The first-order chi connectivity index (χ1) is 9.36. The van der Waals surface area contributed by atoms with Crippen LogP contribution in [0.4, 0.5) is 18.9 Å². The maximum atomic E-state index is 12.5. The number of benzene rings is 2. The molecule has 0 amide bonds. The van der Waals surface area contributed by atoms with Crippen molar-refractivity contribution in [3.63, 3.8) is 0 Å². The van der Waals surface area contributed by atoms with Crippen molar-refractivity contribution in [2.24, 2.45) is 0 Å². The van der Waals surface area contributed by atoms with Gasteiger partial charge in [0.05, 0.1) is 5.56 Å². The second-order valence-corrected chi connectivity index (χ2v) is 4.85. The predicted molar refractivity (Wildman–Crippen MR) is 74.7 cm³/mol. The first-order valence-electron chi connectivity index (χ1n) is 6.36. The fourth-order valence-corrected chi connectivity index (χ4v) is 1.94. The standard InChI is InChI=1S/C16H16F3N/c1-11-3-5-13(6-4-11)12(2)20-15-9-7-14(8-10-15)16(17,18)19/h3-10,12,20H,1-2H3. The summed E-state index contributed by atoms with van der Waals surface area (Å²) in [4.78, 5) is 0. The van der Waals surface area contributed by atoms with Crippen LogP contribution < -0.4 is 5.32 Å². The fourth-order valence-electron chi connectivity index (χ4n) is 1.94. The van der Waals surface area contributed by atoms with Crippen LogP contribution in [0.25, 0.3) is 0 Å². The molecule has 0 fully saturated rings. The molecule has 0 saturated carbocycles. The summed E-state index contributed by atoms with van der Waals surface area (Å²) >= 11 is 0. The van der Waals surface area contributed by atoms with E-state index in [1.165, 1.54) is 17.7 Å². The second-order valence-electron chi connectivity index (χ2n) is 4.85. The molecule has 0 spiro atoms. The normalized spacial score (nSPS) is 13.1. The highest BCUT2D eigenvalue weighted by Gasteiger charge is 2.29. The van der Waals surface area contributed by atoms with Crippen LogP contribution >= 0.6 is 0 Å². The molecule has 0 aliphatic carbocycles. The van der Waals surface area contributed by atoms with Crippen LogP contribution in [0.2, 0.25) is 0 Å². The van der Waals surface area contributed by atoms with Crippen molar-refractivity contribution < 1.29 is 13.2 Å². The van der Waals surface area contributed by atoms with E-state index in [9.17, 15) is 13.2 Å². The summed E-state index contributed by atoms with van der Waals surface area (Å²) < 4.78 is 37.4. The van der Waals surface area contributed by atoms with E-state index >= 15 is 0 Å². The fraction of sp³-hybridized carbons (Fsp3) is 0.250. The maximum absolute atomic E-state index is 12.5. The van der Waals surface area contributed by atoms with Crippen LogP contribution in [0, 0.1) is 6.92 Å². The summed E-state index contributed by atoms with van der Waals surface area (Å²) in [6.45, 7) is 3.99. The Kier molecular flexibility index (Phi) is 4.02. The molecule has 1 N–H and O–H groups in total. The first kappa shape index (κ1) is 14.4. The molecule has 0 aromatic heterocycles. The average molecular weight is 279 g/mol. The van der Waals surface area contributed by atoms with Gasteiger partial charge in [0.15, 0.2) is 0 Å². The lowest BCUT2D eigenvalue weighted by atomic mass is 10.1. The number of anilines is 1. The zero-order valence-electron chi connectivity index (χ0n) is 11.3. The molecule has 1 nitrogen and oxygen atoms in total. The number of rotatable bonds is 3. The lowest BCUT2D eigenvalue weighted by Gasteiger charge is -2.16. The van der Waals surface area contributed by atoms with E-state index in [0.717, 1.165) is 17.7 Å². The van der Waals surface area contributed by atoms with Crippen LogP contribution in [0.15, 0.2) is 48.5 Å². The Hall–Kier alpha value is -1.97. The second kappa shape index (κ2) is 5.57. The molecule has 0 radical (unpaired) electrons. The van der Waals surface area contributed by atoms with Crippen LogP contribution in [-0.2, 0) is 6.18 Å². The molecule has 2 aromatic carbocycles. The zero-order chi connectivity index (χ0) is 14.8. The number of hydrogen-bond acceptors (Lipinski definition) is 1. The molecule has 106 valence electrons. The van der Waals surface area contributed by atoms with Gasteiger partial charge >= 0.3 is 6.18 Å². The van der Waals surface area contributed by atoms with E-state index < -0.39 is 11.7 Å². The van der Waals surface area contributed by atoms with Gasteiger partial charge in [-0.15, -0.1) is 0 Å². The molecule has 0 saturated heterocycles. The third-order valence-electron chi connectivity index (χ3n) is 3.17. The van der Waals surface area contributed by atoms with Gasteiger partial charge in [0.2, 0.25) is 0 Å². The molecule has 4 heteroatoms. The predicted octanol–water partition coefficient (Wildman–Crippen LogP) is 5.19. The quantitative estimate of drug-likeness (QED) is 0.815. The van der Waals surface area contributed by atoms with Gasteiger partial charge in [0.1, 0.15) is 0 Å². The molecule has 2 aromatic rings. The maximum Gasteiger partial charge on any atom is 0.416 e. The van der Waals surface area contributed by atoms with Crippen molar-refractivity contribution in [1.29, 1.82) is 0 Å². The summed E-state index contributed by atoms with van der Waals surface area (Å²) in [5.74, 6) is 0. The highest BCUT2D eigenvalue weighted by molar-refractivity contribution is 5.47. The summed E-state index contributed by atoms with van der Waals surface area (Å²) in [6, 6.07) is 13.2. The molecular formula is C16H16F3N. The van der Waals surface area contributed by atoms with Gasteiger partial charge in [-0.05, 0) is 43.7 Å². The monoisotopic (exact) mass is 279 g/mol. The van der Waals surface area contributed by atoms with Crippen LogP contribution in [0.5, 0.6) is 0 Å². The van der Waals surface area contributed by atoms with Crippen molar-refractivity contribution >= 4 is 5.69 Å². The molecule has 0 aliphatic heterocycles. The van der Waals surface area contributed by atoms with E-state index in [0.29, 0.717) is 5.69 Å². The van der Waals surface area contributed by atoms with Gasteiger partial charge in [-0.1, -0.05) is 29.8 Å². The van der Waals surface area contributed by atoms with Gasteiger partial charge in [0, 0.05) is 11.7 Å². The topological polar surface area (TPSA) is 12.0 Å². The van der Waals surface area contributed by atoms with E-state index in [2.05, 4.69) is 5.32 Å². The lowest BCUT2D eigenvalue weighted by molar-refractivity contribution is -0.137. The van der Waals surface area contributed by atoms with E-state index in [1.807, 2.05) is 38.1 Å². The zero-order valence-corrected chi connectivity index (χ0v) is 11.3. The van der Waals surface area contributed by atoms with Gasteiger partial charge in [-0.2, -0.15) is 13.2 Å². The summed E-state index contributed by atoms with van der Waals surface area (Å²) in [5.41, 5.74) is 2.31. The van der Waals surface area contributed by atoms with Crippen LogP contribution in [-0.4, -0.2) is 0 Å². The average Bonchev–Trinajstić information content (AvgIpc) is 2.39. The van der Waals surface area contributed by atoms with Crippen molar-refractivity contribution in [2.75, 3.05) is 5.32 Å². The van der Waals surface area contributed by atoms with Crippen LogP contribution in [0.3, 0.4) is 0 Å². The summed E-state index contributed by atoms with van der Waals surface area (Å²) in [5, 5.41) is 3.19. The SMILES string of the molecule is Cc1ccc(C(C)Nc2ccc(C(F)(F)F)cc2)cc1. The highest BCUT2D eigenvalue weighted by atomic mass is 19.4. The molecule has 0 aliphatic rings. The largest absolute Gasteiger partial charge is 0.416 e. The Morgan fingerprint density at radius 1 is 0.900 bits per heavy atom. The van der Waals surface area contributed by atoms with Crippen molar-refractivity contribution in [3.8, 4) is 0 Å². The summed E-state index contributed by atoms with van der Waals surface area (Å²) in [7, 11) is 0. The minimum atomic E-state index is -4.29. The Morgan fingerprint density at radius 3 is 1.95 bits per heavy atom. The van der Waals surface area contributed by atoms with Gasteiger partial charge in [-0.3, -0.25) is 0 Å². The van der Waals surface area contributed by atoms with Gasteiger partial charge in [-0.25, -0.2) is 0 Å². The third-order valence-corrected chi connectivity index (χ3v) is 3.17. The minimum absolute atomic E-state index is 0.0346. The number of alkyl halides is 3. The third kappa shape index (κ3) is 3.53. The smallest absolute Gasteiger partial charge is 0.379 e. The molecule has 1 atom stereocenters. The molecule has 0 bridgehead atoms. The summed E-state index contributed by atoms with van der Waals surface area (Å²) in [6.07, 6.45) is -4.29. The van der Waals surface area contributed by atoms with Crippen molar-refractivity contribution in [2.45, 2.75) is 26.1 Å². The van der Waals surface area contributed by atoms with E-state index in [1.54, 1.807) is 0 Å². The Morgan fingerprint density at radius 2 is 1.45 bits per heavy atom. The van der Waals surface area contributed by atoms with Crippen molar-refractivity contribution in [1.82, 2.24) is 0 Å². The molecular weight excluding hydrogens is 263 g/mol. The number of aryl methyl sites for hydroxylation is 1. The molecule has 20 heavy (non-hydrogen) atoms. The lowest BCUT2D eigenvalue weighted by Crippen LogP contribution is -2.08. The highest BCUT2D eigenvalue weighted by Crippen LogP contribution is 2.30. The van der Waals surface area contributed by atoms with Crippen LogP contribution in [0.1, 0.15) is 29.7 Å². The molecule has 2 rings (SSSR count). The number of halogens is 3. The molecule has 1 unspecified atom stereocenters. The Labute approximate surface area is 116 Å². The first-order valence-corrected chi connectivity index (χ1v) is 6.36. The van der Waals surface area contributed by atoms with Gasteiger partial charge in [0.25, 0.3) is 0 Å².